The number of hydrogen-bond donors (Lipinski definition) is 2. The van der Waals surface area contributed by atoms with E-state index in [0.717, 1.165) is 12.8 Å². The maximum absolute atomic E-state index is 9.29. The van der Waals surface area contributed by atoms with E-state index < -0.39 is 0 Å². The molecular weight excluding hydrogens is 210 g/mol. The molecule has 0 fully saturated rings. The lowest BCUT2D eigenvalue weighted by atomic mass is 10.1. The van der Waals surface area contributed by atoms with Gasteiger partial charge < -0.3 is 5.11 Å². The van der Waals surface area contributed by atoms with Gasteiger partial charge in [0.2, 0.25) is 0 Å². The van der Waals surface area contributed by atoms with Gasteiger partial charge in [-0.2, -0.15) is 0 Å². The van der Waals surface area contributed by atoms with Crippen LogP contribution in [0.2, 0.25) is 0 Å². The van der Waals surface area contributed by atoms with Crippen molar-refractivity contribution in [2.24, 2.45) is 0 Å². The van der Waals surface area contributed by atoms with Gasteiger partial charge in [-0.15, -0.1) is 0 Å². The first-order chi connectivity index (χ1) is 8.31. The summed E-state index contributed by atoms with van der Waals surface area (Å²) in [6.45, 7) is 2.27. The first-order valence-electron chi connectivity index (χ1n) is 7.66. The number of nitrogens with one attached hydrogen (secondary N) is 1. The normalized spacial score (nSPS) is 12.9. The minimum atomic E-state index is -0.298. The lowest BCUT2D eigenvalue weighted by molar-refractivity contribution is 0.133. The van der Waals surface area contributed by atoms with Crippen LogP contribution < -0.4 is 5.32 Å². The molecule has 104 valence electrons. The van der Waals surface area contributed by atoms with Crippen LogP contribution in [-0.4, -0.2) is 18.4 Å². The van der Waals surface area contributed by atoms with Gasteiger partial charge in [0.15, 0.2) is 0 Å². The number of rotatable bonds is 13. The van der Waals surface area contributed by atoms with E-state index in [4.69, 9.17) is 0 Å². The van der Waals surface area contributed by atoms with Crippen molar-refractivity contribution in [2.45, 2.75) is 90.2 Å². The zero-order chi connectivity index (χ0) is 12.8. The fraction of sp³-hybridized carbons (Fsp3) is 1.00. The highest BCUT2D eigenvalue weighted by atomic mass is 16.3. The third-order valence-corrected chi connectivity index (χ3v) is 3.41. The quantitative estimate of drug-likeness (QED) is 0.375. The fourth-order valence-electron chi connectivity index (χ4n) is 2.15. The maximum atomic E-state index is 9.29. The van der Waals surface area contributed by atoms with Crippen LogP contribution in [0.1, 0.15) is 84.0 Å². The molecule has 0 bridgehead atoms. The molecule has 0 aromatic rings. The van der Waals surface area contributed by atoms with Gasteiger partial charge in [-0.25, -0.2) is 0 Å². The third kappa shape index (κ3) is 13.9. The Morgan fingerprint density at radius 3 is 1.59 bits per heavy atom. The average molecular weight is 243 g/mol. The predicted octanol–water partition coefficient (Wildman–Crippen LogP) is 4.23. The number of unbranched alkanes of at least 4 members (excludes halogenated alkanes) is 10. The van der Waals surface area contributed by atoms with Crippen LogP contribution in [0.3, 0.4) is 0 Å². The van der Waals surface area contributed by atoms with Crippen molar-refractivity contribution in [1.29, 1.82) is 0 Å². The molecule has 0 aliphatic carbocycles. The zero-order valence-electron chi connectivity index (χ0n) is 12.0. The first-order valence-corrected chi connectivity index (χ1v) is 7.66. The lowest BCUT2D eigenvalue weighted by Gasteiger charge is -2.08. The van der Waals surface area contributed by atoms with Crippen LogP contribution >= 0.6 is 0 Å². The molecule has 0 heterocycles. The van der Waals surface area contributed by atoms with E-state index in [9.17, 15) is 5.11 Å². The van der Waals surface area contributed by atoms with Gasteiger partial charge in [-0.3, -0.25) is 5.32 Å². The van der Waals surface area contributed by atoms with Crippen molar-refractivity contribution in [2.75, 3.05) is 7.05 Å². The summed E-state index contributed by atoms with van der Waals surface area (Å²) < 4.78 is 0. The summed E-state index contributed by atoms with van der Waals surface area (Å²) in [6.07, 6.45) is 15.6. The minimum Gasteiger partial charge on any atom is -0.379 e. The van der Waals surface area contributed by atoms with Gasteiger partial charge in [-0.1, -0.05) is 71.1 Å². The van der Waals surface area contributed by atoms with Crippen molar-refractivity contribution in [3.8, 4) is 0 Å². The van der Waals surface area contributed by atoms with Crippen molar-refractivity contribution < 1.29 is 5.11 Å². The average Bonchev–Trinajstić information content (AvgIpc) is 2.35. The molecule has 17 heavy (non-hydrogen) atoms. The molecule has 2 N–H and O–H groups in total. The SMILES string of the molecule is CCCCCCCCCCCCCC(O)NC. The highest BCUT2D eigenvalue weighted by molar-refractivity contribution is 4.51. The van der Waals surface area contributed by atoms with Crippen molar-refractivity contribution in [3.05, 3.63) is 0 Å². The second kappa shape index (κ2) is 14.0. The minimum absolute atomic E-state index is 0.298. The maximum Gasteiger partial charge on any atom is 0.104 e. The summed E-state index contributed by atoms with van der Waals surface area (Å²) in [5, 5.41) is 12.1. The van der Waals surface area contributed by atoms with Gasteiger partial charge in [0.05, 0.1) is 0 Å². The van der Waals surface area contributed by atoms with Crippen molar-refractivity contribution >= 4 is 0 Å². The summed E-state index contributed by atoms with van der Waals surface area (Å²) in [6, 6.07) is 0. The molecule has 0 saturated carbocycles. The molecule has 2 heteroatoms. The number of aliphatic hydroxyl groups excluding tert-OH is 1. The standard InChI is InChI=1S/C15H33NO/c1-3-4-5-6-7-8-9-10-11-12-13-14-15(17)16-2/h15-17H,3-14H2,1-2H3. The summed E-state index contributed by atoms with van der Waals surface area (Å²) in [5.41, 5.74) is 0. The molecule has 0 spiro atoms. The second-order valence-electron chi connectivity index (χ2n) is 5.13. The number of hydrogen-bond acceptors (Lipinski definition) is 2. The van der Waals surface area contributed by atoms with Gasteiger partial charge in [0.25, 0.3) is 0 Å². The summed E-state index contributed by atoms with van der Waals surface area (Å²) >= 11 is 0. The highest BCUT2D eigenvalue weighted by Crippen LogP contribution is 2.12. The molecule has 1 atom stereocenters. The molecule has 1 unspecified atom stereocenters. The van der Waals surface area contributed by atoms with E-state index >= 15 is 0 Å². The molecule has 0 radical (unpaired) electrons. The summed E-state index contributed by atoms with van der Waals surface area (Å²) in [4.78, 5) is 0. The monoisotopic (exact) mass is 243 g/mol. The summed E-state index contributed by atoms with van der Waals surface area (Å²) in [5.74, 6) is 0. The smallest absolute Gasteiger partial charge is 0.104 e. The van der Waals surface area contributed by atoms with Crippen LogP contribution in [-0.2, 0) is 0 Å². The van der Waals surface area contributed by atoms with Crippen LogP contribution in [0, 0.1) is 0 Å². The third-order valence-electron chi connectivity index (χ3n) is 3.41. The Kier molecular flexibility index (Phi) is 13.9. The van der Waals surface area contributed by atoms with Gasteiger partial charge >= 0.3 is 0 Å². The Labute approximate surface area is 108 Å². The Morgan fingerprint density at radius 2 is 1.18 bits per heavy atom. The van der Waals surface area contributed by atoms with Crippen molar-refractivity contribution in [1.82, 2.24) is 5.32 Å². The molecule has 2 nitrogen and oxygen atoms in total. The topological polar surface area (TPSA) is 32.3 Å². The molecule has 0 aliphatic heterocycles. The van der Waals surface area contributed by atoms with Gasteiger partial charge in [-0.05, 0) is 19.9 Å². The van der Waals surface area contributed by atoms with E-state index in [1.807, 2.05) is 7.05 Å². The largest absolute Gasteiger partial charge is 0.379 e. The second-order valence-corrected chi connectivity index (χ2v) is 5.13. The highest BCUT2D eigenvalue weighted by Gasteiger charge is 1.98. The molecule has 0 aromatic heterocycles. The molecular formula is C15H33NO. The molecule has 0 aliphatic rings. The van der Waals surface area contributed by atoms with E-state index in [-0.39, 0.29) is 6.23 Å². The van der Waals surface area contributed by atoms with Crippen molar-refractivity contribution in [3.63, 3.8) is 0 Å². The van der Waals surface area contributed by atoms with E-state index in [1.54, 1.807) is 0 Å². The molecule has 0 saturated heterocycles. The fourth-order valence-corrected chi connectivity index (χ4v) is 2.15. The Bertz CT molecular complexity index is 139. The van der Waals surface area contributed by atoms with Crippen LogP contribution in [0.4, 0.5) is 0 Å². The van der Waals surface area contributed by atoms with Crippen LogP contribution in [0.5, 0.6) is 0 Å². The first kappa shape index (κ1) is 16.9. The zero-order valence-corrected chi connectivity index (χ0v) is 12.0. The van der Waals surface area contributed by atoms with Gasteiger partial charge in [0.1, 0.15) is 6.23 Å². The lowest BCUT2D eigenvalue weighted by Crippen LogP contribution is -2.23. The van der Waals surface area contributed by atoms with E-state index in [0.29, 0.717) is 0 Å². The van der Waals surface area contributed by atoms with E-state index in [2.05, 4.69) is 12.2 Å². The molecule has 0 aromatic carbocycles. The van der Waals surface area contributed by atoms with Crippen LogP contribution in [0.25, 0.3) is 0 Å². The number of aliphatic hydroxyl groups is 1. The predicted molar refractivity (Wildman–Crippen MR) is 76.1 cm³/mol. The molecule has 0 amide bonds. The Hall–Kier alpha value is -0.0800. The Balaban J connectivity index is 2.94. The van der Waals surface area contributed by atoms with E-state index in [1.165, 1.54) is 64.2 Å². The van der Waals surface area contributed by atoms with Gasteiger partial charge in [0, 0.05) is 0 Å². The van der Waals surface area contributed by atoms with Crippen LogP contribution in [0.15, 0.2) is 0 Å². The Morgan fingerprint density at radius 1 is 0.765 bits per heavy atom. The molecule has 0 rings (SSSR count). The summed E-state index contributed by atoms with van der Waals surface area (Å²) in [7, 11) is 1.81.